The fraction of sp³-hybridized carbons (Fsp3) is 0. The van der Waals surface area contributed by atoms with E-state index in [0.717, 1.165) is 60.6 Å². The van der Waals surface area contributed by atoms with Crippen LogP contribution in [0.5, 0.6) is 0 Å². The third-order valence-electron chi connectivity index (χ3n) is 14.2. The molecule has 0 saturated carbocycles. The van der Waals surface area contributed by atoms with Crippen molar-refractivity contribution in [2.24, 2.45) is 0 Å². The van der Waals surface area contributed by atoms with Gasteiger partial charge in [0.25, 0.3) is 0 Å². The minimum atomic E-state index is 0.567. The summed E-state index contributed by atoms with van der Waals surface area (Å²) in [6.07, 6.45) is 0. The molecule has 0 amide bonds. The van der Waals surface area contributed by atoms with Crippen LogP contribution >= 0.6 is 11.3 Å². The Hall–Kier alpha value is -8.97. The highest BCUT2D eigenvalue weighted by atomic mass is 32.1. The lowest BCUT2D eigenvalue weighted by Crippen LogP contribution is -2.07. The standard InChI is InChI=1S/C63H37N5S/c1-2-14-39(15-3-1)61-64-62(41-29-33-51-50-22-10-13-25-57(50)69-58(51)37-41)66-63(65-61)68-56-24-12-9-21-49(56)53-35-34-52-48-20-8-11-23-55(48)67(59(52)60(53)68)42-30-26-38(27-31-42)40-28-32-47-45-18-5-4-16-43(45)44-17-6-7-19-46(44)54(47)36-40/h1-37H. The van der Waals surface area contributed by atoms with Crippen molar-refractivity contribution in [3.05, 3.63) is 224 Å². The Labute approximate surface area is 399 Å². The lowest BCUT2D eigenvalue weighted by molar-refractivity contribution is 0.953. The SMILES string of the molecule is c1ccc(-c2nc(-c3ccc4c(c3)sc3ccccc34)nc(-n3c4ccccc4c4ccc5c6ccccc6n(-c6ccc(-c7ccc8c9ccccc9c9ccccc9c8c7)cc6)c5c43)n2)cc1. The number of nitrogens with zero attached hydrogens (tertiary/aromatic N) is 5. The van der Waals surface area contributed by atoms with Gasteiger partial charge in [0.05, 0.1) is 22.1 Å². The van der Waals surface area contributed by atoms with Crippen LogP contribution in [0.4, 0.5) is 0 Å². The normalized spacial score (nSPS) is 12.1. The molecule has 0 N–H and O–H groups in total. The second-order valence-electron chi connectivity index (χ2n) is 17.9. The van der Waals surface area contributed by atoms with Crippen molar-refractivity contribution in [3.63, 3.8) is 0 Å². The number of fused-ring (bicyclic) bond motifs is 16. The van der Waals surface area contributed by atoms with E-state index in [0.29, 0.717) is 17.6 Å². The third kappa shape index (κ3) is 5.73. The van der Waals surface area contributed by atoms with Gasteiger partial charge in [-0.3, -0.25) is 4.57 Å². The molecule has 69 heavy (non-hydrogen) atoms. The number of benzene rings is 11. The average molecular weight is 896 g/mol. The van der Waals surface area contributed by atoms with Crippen molar-refractivity contribution < 1.29 is 0 Å². The summed E-state index contributed by atoms with van der Waals surface area (Å²) in [4.78, 5) is 16.0. The van der Waals surface area contributed by atoms with Gasteiger partial charge in [0.15, 0.2) is 11.6 Å². The summed E-state index contributed by atoms with van der Waals surface area (Å²) in [7, 11) is 0. The Bertz CT molecular complexity index is 4560. The molecular formula is C63H37N5S. The van der Waals surface area contributed by atoms with Crippen LogP contribution in [0.25, 0.3) is 142 Å². The van der Waals surface area contributed by atoms with Crippen molar-refractivity contribution in [2.75, 3.05) is 0 Å². The first-order valence-corrected chi connectivity index (χ1v) is 24.2. The lowest BCUT2D eigenvalue weighted by atomic mass is 9.92. The molecule has 0 spiro atoms. The van der Waals surface area contributed by atoms with E-state index in [-0.39, 0.29) is 0 Å². The number of thiophene rings is 1. The molecule has 0 aliphatic heterocycles. The van der Waals surface area contributed by atoms with E-state index >= 15 is 0 Å². The maximum Gasteiger partial charge on any atom is 0.238 e. The Kier molecular flexibility index (Phi) is 8.17. The molecule has 0 fully saturated rings. The van der Waals surface area contributed by atoms with Gasteiger partial charge in [0.1, 0.15) is 0 Å². The predicted octanol–water partition coefficient (Wildman–Crippen LogP) is 16.9. The molecule has 0 aliphatic rings. The molecule has 0 bridgehead atoms. The number of para-hydroxylation sites is 2. The van der Waals surface area contributed by atoms with E-state index in [9.17, 15) is 0 Å². The van der Waals surface area contributed by atoms with Crippen molar-refractivity contribution in [1.82, 2.24) is 24.1 Å². The lowest BCUT2D eigenvalue weighted by Gasteiger charge is -2.14. The molecule has 320 valence electrons. The van der Waals surface area contributed by atoms with E-state index in [4.69, 9.17) is 15.0 Å². The van der Waals surface area contributed by atoms with Gasteiger partial charge in [0, 0.05) is 58.5 Å². The highest BCUT2D eigenvalue weighted by Crippen LogP contribution is 2.43. The molecule has 4 aromatic heterocycles. The Balaban J connectivity index is 0.960. The topological polar surface area (TPSA) is 48.5 Å². The van der Waals surface area contributed by atoms with Gasteiger partial charge in [-0.25, -0.2) is 4.98 Å². The summed E-state index contributed by atoms with van der Waals surface area (Å²) in [5.74, 6) is 1.82. The number of hydrogen-bond donors (Lipinski definition) is 0. The zero-order valence-electron chi connectivity index (χ0n) is 37.0. The molecule has 6 heteroatoms. The second kappa shape index (κ2) is 14.8. The summed E-state index contributed by atoms with van der Waals surface area (Å²) >= 11 is 1.80. The number of aromatic nitrogens is 5. The largest absolute Gasteiger partial charge is 0.307 e. The zero-order valence-corrected chi connectivity index (χ0v) is 37.8. The van der Waals surface area contributed by atoms with Crippen LogP contribution in [0.3, 0.4) is 0 Å². The Morgan fingerprint density at radius 2 is 0.739 bits per heavy atom. The predicted molar refractivity (Wildman–Crippen MR) is 290 cm³/mol. The highest BCUT2D eigenvalue weighted by Gasteiger charge is 2.24. The molecule has 11 aromatic carbocycles. The summed E-state index contributed by atoms with van der Waals surface area (Å²) in [6.45, 7) is 0. The molecule has 0 aliphatic carbocycles. The van der Waals surface area contributed by atoms with Gasteiger partial charge < -0.3 is 4.57 Å². The summed E-state index contributed by atoms with van der Waals surface area (Å²) in [6, 6.07) is 81.0. The zero-order chi connectivity index (χ0) is 45.2. The first-order valence-electron chi connectivity index (χ1n) is 23.3. The first kappa shape index (κ1) is 38.2. The molecule has 5 nitrogen and oxygen atoms in total. The highest BCUT2D eigenvalue weighted by molar-refractivity contribution is 7.25. The number of rotatable bonds is 5. The van der Waals surface area contributed by atoms with E-state index < -0.39 is 0 Å². The summed E-state index contributed by atoms with van der Waals surface area (Å²) < 4.78 is 7.17. The molecule has 15 aromatic rings. The van der Waals surface area contributed by atoms with Crippen LogP contribution in [0.1, 0.15) is 0 Å². The quantitative estimate of drug-likeness (QED) is 0.162. The first-order chi connectivity index (χ1) is 34.2. The van der Waals surface area contributed by atoms with Crippen LogP contribution in [0.2, 0.25) is 0 Å². The molecule has 0 radical (unpaired) electrons. The maximum absolute atomic E-state index is 5.43. The molecular weight excluding hydrogens is 859 g/mol. The Morgan fingerprint density at radius 1 is 0.275 bits per heavy atom. The van der Waals surface area contributed by atoms with Gasteiger partial charge in [-0.2, -0.15) is 9.97 Å². The van der Waals surface area contributed by atoms with Crippen LogP contribution in [0, 0.1) is 0 Å². The summed E-state index contributed by atoms with van der Waals surface area (Å²) in [5, 5.41) is 14.8. The van der Waals surface area contributed by atoms with Gasteiger partial charge in [0.2, 0.25) is 5.95 Å². The number of hydrogen-bond acceptors (Lipinski definition) is 4. The van der Waals surface area contributed by atoms with Crippen LogP contribution in [0.15, 0.2) is 224 Å². The van der Waals surface area contributed by atoms with E-state index in [1.807, 2.05) is 18.2 Å². The molecule has 0 saturated heterocycles. The third-order valence-corrected chi connectivity index (χ3v) is 15.3. The van der Waals surface area contributed by atoms with Crippen molar-refractivity contribution >= 4 is 107 Å². The Morgan fingerprint density at radius 3 is 1.42 bits per heavy atom. The fourth-order valence-electron chi connectivity index (χ4n) is 11.0. The van der Waals surface area contributed by atoms with Gasteiger partial charge in [-0.05, 0) is 85.9 Å². The average Bonchev–Trinajstić information content (AvgIpc) is 4.09. The van der Waals surface area contributed by atoms with Gasteiger partial charge in [-0.15, -0.1) is 11.3 Å². The minimum absolute atomic E-state index is 0.567. The minimum Gasteiger partial charge on any atom is -0.307 e. The van der Waals surface area contributed by atoms with Gasteiger partial charge >= 0.3 is 0 Å². The maximum atomic E-state index is 5.43. The van der Waals surface area contributed by atoms with E-state index in [1.165, 1.54) is 63.4 Å². The second-order valence-corrected chi connectivity index (χ2v) is 19.0. The van der Waals surface area contributed by atoms with Crippen molar-refractivity contribution in [2.45, 2.75) is 0 Å². The molecule has 15 rings (SSSR count). The monoisotopic (exact) mass is 895 g/mol. The van der Waals surface area contributed by atoms with Crippen LogP contribution in [-0.4, -0.2) is 24.1 Å². The fourth-order valence-corrected chi connectivity index (χ4v) is 12.2. The van der Waals surface area contributed by atoms with Crippen LogP contribution in [-0.2, 0) is 0 Å². The van der Waals surface area contributed by atoms with Crippen molar-refractivity contribution in [3.8, 4) is 45.5 Å². The van der Waals surface area contributed by atoms with Gasteiger partial charge in [-0.1, -0.05) is 182 Å². The van der Waals surface area contributed by atoms with E-state index in [1.54, 1.807) is 11.3 Å². The molecule has 4 heterocycles. The van der Waals surface area contributed by atoms with Crippen LogP contribution < -0.4 is 0 Å². The molecule has 0 atom stereocenters. The molecule has 0 unspecified atom stereocenters. The smallest absolute Gasteiger partial charge is 0.238 e. The summed E-state index contributed by atoms with van der Waals surface area (Å²) in [5.41, 5.74) is 9.59. The van der Waals surface area contributed by atoms with Crippen molar-refractivity contribution in [1.29, 1.82) is 0 Å². The van der Waals surface area contributed by atoms with E-state index in [2.05, 4.69) is 215 Å².